The number of likely N-dealkylation sites (tertiary alicyclic amines) is 2. The summed E-state index contributed by atoms with van der Waals surface area (Å²) in [5.74, 6) is 0.788. The minimum absolute atomic E-state index is 0.0578. The maximum absolute atomic E-state index is 12.6. The molecule has 166 valence electrons. The molecule has 2 fully saturated rings. The summed E-state index contributed by atoms with van der Waals surface area (Å²) in [6.45, 7) is 3.77. The minimum Gasteiger partial charge on any atom is -0.508 e. The quantitative estimate of drug-likeness (QED) is 0.602. The fraction of sp³-hybridized carbons (Fsp3) is 0.348. The van der Waals surface area contributed by atoms with Gasteiger partial charge in [0.05, 0.1) is 19.2 Å². The van der Waals surface area contributed by atoms with Crippen LogP contribution in [0.2, 0.25) is 0 Å². The monoisotopic (exact) mass is 436 g/mol. The van der Waals surface area contributed by atoms with Crippen molar-refractivity contribution in [2.45, 2.75) is 18.8 Å². The van der Waals surface area contributed by atoms with E-state index in [1.807, 2.05) is 12.1 Å². The lowest BCUT2D eigenvalue weighted by Gasteiger charge is -2.38. The zero-order chi connectivity index (χ0) is 22.1. The number of nitrogens with zero attached hydrogens (tertiary/aromatic N) is 4. The molecule has 3 heterocycles. The van der Waals surface area contributed by atoms with Gasteiger partial charge in [-0.3, -0.25) is 9.69 Å². The number of aromatic hydroxyl groups is 1. The number of rotatable bonds is 7. The summed E-state index contributed by atoms with van der Waals surface area (Å²) < 4.78 is 16.8. The molecule has 1 amide bonds. The van der Waals surface area contributed by atoms with Crippen molar-refractivity contribution >= 4 is 5.91 Å². The highest BCUT2D eigenvalue weighted by molar-refractivity contribution is 5.90. The molecule has 2 aliphatic rings. The van der Waals surface area contributed by atoms with Gasteiger partial charge in [0.1, 0.15) is 17.6 Å². The third-order valence-electron chi connectivity index (χ3n) is 5.75. The lowest BCUT2D eigenvalue weighted by Crippen LogP contribution is -2.56. The lowest BCUT2D eigenvalue weighted by atomic mass is 10.1. The van der Waals surface area contributed by atoms with E-state index < -0.39 is 0 Å². The van der Waals surface area contributed by atoms with Gasteiger partial charge in [-0.25, -0.2) is 0 Å². The van der Waals surface area contributed by atoms with Gasteiger partial charge in [-0.2, -0.15) is 0 Å². The predicted molar refractivity (Wildman–Crippen MR) is 114 cm³/mol. The second-order valence-corrected chi connectivity index (χ2v) is 8.10. The molecular formula is C23H24N4O5. The van der Waals surface area contributed by atoms with E-state index in [-0.39, 0.29) is 29.5 Å². The number of aromatic nitrogens is 2. The summed E-state index contributed by atoms with van der Waals surface area (Å²) in [6, 6.07) is 14.4. The second-order valence-electron chi connectivity index (χ2n) is 8.10. The van der Waals surface area contributed by atoms with Crippen LogP contribution in [0.5, 0.6) is 11.5 Å². The van der Waals surface area contributed by atoms with Crippen LogP contribution in [0, 0.1) is 0 Å². The average Bonchev–Trinajstić information content (AvgIpc) is 3.24. The summed E-state index contributed by atoms with van der Waals surface area (Å²) in [4.78, 5) is 16.5. The van der Waals surface area contributed by atoms with Gasteiger partial charge in [0.15, 0.2) is 0 Å². The van der Waals surface area contributed by atoms with Gasteiger partial charge in [0, 0.05) is 32.3 Å². The van der Waals surface area contributed by atoms with Crippen LogP contribution >= 0.6 is 0 Å². The Morgan fingerprint density at radius 3 is 2.44 bits per heavy atom. The molecule has 0 saturated carbocycles. The molecule has 2 aliphatic heterocycles. The maximum atomic E-state index is 12.6. The highest BCUT2D eigenvalue weighted by atomic mass is 16.5. The second kappa shape index (κ2) is 8.60. The van der Waals surface area contributed by atoms with E-state index in [0.29, 0.717) is 24.8 Å². The summed E-state index contributed by atoms with van der Waals surface area (Å²) in [5, 5.41) is 17.2. The number of phenolic OH excluding ortho intramolecular Hbond substituents is 1. The Bertz CT molecular complexity index is 1070. The van der Waals surface area contributed by atoms with Crippen LogP contribution in [0.1, 0.15) is 16.2 Å². The third kappa shape index (κ3) is 4.30. The Labute approximate surface area is 185 Å². The van der Waals surface area contributed by atoms with E-state index in [4.69, 9.17) is 13.9 Å². The van der Waals surface area contributed by atoms with Gasteiger partial charge in [0.2, 0.25) is 5.89 Å². The number of phenols is 1. The van der Waals surface area contributed by atoms with Crippen LogP contribution in [-0.4, -0.2) is 76.5 Å². The number of hydrogen-bond acceptors (Lipinski definition) is 8. The van der Waals surface area contributed by atoms with E-state index >= 15 is 0 Å². The van der Waals surface area contributed by atoms with Gasteiger partial charge in [0.25, 0.3) is 0 Å². The SMILES string of the molecule is COC1CN(Cc2ccc(OC3CN(C(=O)c4nnc(-c5ccc(O)cc5)o4)C3)cc2)C1. The van der Waals surface area contributed by atoms with Crippen LogP contribution in [0.15, 0.2) is 52.9 Å². The smallest absolute Gasteiger partial charge is 0.311 e. The largest absolute Gasteiger partial charge is 0.508 e. The normalized spacial score (nSPS) is 17.1. The Kier molecular flexibility index (Phi) is 5.50. The molecule has 32 heavy (non-hydrogen) atoms. The summed E-state index contributed by atoms with van der Waals surface area (Å²) in [5.41, 5.74) is 1.87. The summed E-state index contributed by atoms with van der Waals surface area (Å²) in [7, 11) is 1.75. The zero-order valence-corrected chi connectivity index (χ0v) is 17.7. The average molecular weight is 436 g/mol. The molecule has 9 nitrogen and oxygen atoms in total. The first kappa shape index (κ1) is 20.5. The van der Waals surface area contributed by atoms with E-state index in [0.717, 1.165) is 25.4 Å². The highest BCUT2D eigenvalue weighted by Gasteiger charge is 2.35. The molecule has 1 aromatic heterocycles. The van der Waals surface area contributed by atoms with E-state index in [1.54, 1.807) is 24.1 Å². The standard InChI is InChI=1S/C23H24N4O5/c1-30-19-11-26(12-19)10-15-2-8-18(9-3-15)31-20-13-27(14-20)23(29)22-25-24-21(32-22)16-4-6-17(28)7-5-16/h2-9,19-20,28H,10-14H2,1H3. The van der Waals surface area contributed by atoms with Crippen molar-refractivity contribution in [1.82, 2.24) is 20.0 Å². The van der Waals surface area contributed by atoms with Gasteiger partial charge in [-0.15, -0.1) is 10.2 Å². The zero-order valence-electron chi connectivity index (χ0n) is 17.7. The predicted octanol–water partition coefficient (Wildman–Crippen LogP) is 2.18. The molecule has 3 aromatic rings. The molecule has 1 N–H and O–H groups in total. The molecule has 0 aliphatic carbocycles. The summed E-state index contributed by atoms with van der Waals surface area (Å²) >= 11 is 0. The molecule has 2 aromatic carbocycles. The van der Waals surface area contributed by atoms with Gasteiger partial charge >= 0.3 is 11.8 Å². The first-order valence-corrected chi connectivity index (χ1v) is 10.5. The fourth-order valence-corrected chi connectivity index (χ4v) is 3.77. The molecule has 9 heteroatoms. The van der Waals surface area contributed by atoms with Crippen molar-refractivity contribution in [3.05, 3.63) is 60.0 Å². The van der Waals surface area contributed by atoms with E-state index in [9.17, 15) is 9.90 Å². The van der Waals surface area contributed by atoms with Crippen molar-refractivity contribution in [1.29, 1.82) is 0 Å². The maximum Gasteiger partial charge on any atom is 0.311 e. The van der Waals surface area contributed by atoms with Crippen molar-refractivity contribution in [3.8, 4) is 23.0 Å². The number of amides is 1. The number of benzene rings is 2. The molecule has 0 atom stereocenters. The molecule has 2 saturated heterocycles. The lowest BCUT2D eigenvalue weighted by molar-refractivity contribution is -0.0334. The van der Waals surface area contributed by atoms with Gasteiger partial charge < -0.3 is 23.9 Å². The molecule has 0 unspecified atom stereocenters. The van der Waals surface area contributed by atoms with Crippen molar-refractivity contribution in [2.75, 3.05) is 33.3 Å². The molecule has 5 rings (SSSR count). The summed E-state index contributed by atoms with van der Waals surface area (Å²) in [6.07, 6.45) is 0.288. The van der Waals surface area contributed by atoms with E-state index in [1.165, 1.54) is 17.7 Å². The molecule has 0 bridgehead atoms. The minimum atomic E-state index is -0.318. The number of ether oxygens (including phenoxy) is 2. The first-order chi connectivity index (χ1) is 15.6. The fourth-order valence-electron chi connectivity index (χ4n) is 3.77. The van der Waals surface area contributed by atoms with Crippen LogP contribution < -0.4 is 4.74 Å². The van der Waals surface area contributed by atoms with Crippen molar-refractivity contribution in [3.63, 3.8) is 0 Å². The van der Waals surface area contributed by atoms with Gasteiger partial charge in [-0.05, 0) is 42.0 Å². The Morgan fingerprint density at radius 1 is 1.03 bits per heavy atom. The van der Waals surface area contributed by atoms with Crippen molar-refractivity contribution in [2.24, 2.45) is 0 Å². The van der Waals surface area contributed by atoms with Crippen LogP contribution in [-0.2, 0) is 11.3 Å². The van der Waals surface area contributed by atoms with Gasteiger partial charge in [-0.1, -0.05) is 12.1 Å². The molecule has 0 radical (unpaired) electrons. The first-order valence-electron chi connectivity index (χ1n) is 10.5. The Morgan fingerprint density at radius 2 is 1.75 bits per heavy atom. The van der Waals surface area contributed by atoms with Crippen LogP contribution in [0.25, 0.3) is 11.5 Å². The Balaban J connectivity index is 1.10. The van der Waals surface area contributed by atoms with Crippen LogP contribution in [0.3, 0.4) is 0 Å². The molecule has 0 spiro atoms. The van der Waals surface area contributed by atoms with Crippen molar-refractivity contribution < 1.29 is 23.8 Å². The number of carbonyl (C=O) groups excluding carboxylic acids is 1. The topological polar surface area (TPSA) is 101 Å². The number of methoxy groups -OCH3 is 1. The number of carbonyl (C=O) groups is 1. The third-order valence-corrected chi connectivity index (χ3v) is 5.75. The Hall–Kier alpha value is -3.43. The number of hydrogen-bond donors (Lipinski definition) is 1. The highest BCUT2D eigenvalue weighted by Crippen LogP contribution is 2.24. The molecular weight excluding hydrogens is 412 g/mol. The van der Waals surface area contributed by atoms with Crippen LogP contribution in [0.4, 0.5) is 0 Å². The van der Waals surface area contributed by atoms with E-state index in [2.05, 4.69) is 27.2 Å².